The molecule has 0 radical (unpaired) electrons. The molecule has 68 heavy (non-hydrogen) atoms. The van der Waals surface area contributed by atoms with Crippen LogP contribution in [0.1, 0.15) is 123 Å². The summed E-state index contributed by atoms with van der Waals surface area (Å²) >= 11 is 0. The zero-order valence-corrected chi connectivity index (χ0v) is 41.0. The minimum atomic E-state index is -4.24. The second-order valence-corrected chi connectivity index (χ2v) is 25.3. The van der Waals surface area contributed by atoms with E-state index >= 15 is 0 Å². The molecule has 4 atom stereocenters. The maximum Gasteiger partial charge on any atom is 0.310 e. The SMILES string of the molecule is CC(=O)C12CC3CC(C1)C(CC(=O)C1(NS(=O)(=O)c4ccccc4[N+](=O)[O-])CCC1)C(C3)C2.CC(=O)C12CC3CC(C1)C(N)C(C3)C2.Cl.O=C(O)C1(CS(=O)(=O)c2ccccc2[N+](=O)[O-])CCC1. The van der Waals surface area contributed by atoms with Crippen LogP contribution in [0, 0.1) is 77.9 Å². The number of benzene rings is 2. The Morgan fingerprint density at radius 2 is 1.12 bits per heavy atom. The van der Waals surface area contributed by atoms with Crippen LogP contribution < -0.4 is 10.5 Å². The highest BCUT2D eigenvalue weighted by Crippen LogP contribution is 2.64. The van der Waals surface area contributed by atoms with Gasteiger partial charge >= 0.3 is 5.97 Å². The summed E-state index contributed by atoms with van der Waals surface area (Å²) in [5, 5.41) is 31.4. The molecule has 12 rings (SSSR count). The van der Waals surface area contributed by atoms with Gasteiger partial charge in [-0.05, 0) is 164 Å². The molecule has 0 aromatic heterocycles. The molecule has 0 amide bonds. The summed E-state index contributed by atoms with van der Waals surface area (Å²) in [5.74, 6) is 2.41. The van der Waals surface area contributed by atoms with Gasteiger partial charge in [-0.2, -0.15) is 4.72 Å². The Labute approximate surface area is 403 Å². The number of nitro groups is 2. The molecule has 0 aliphatic heterocycles. The number of sulfonamides is 1. The van der Waals surface area contributed by atoms with Crippen molar-refractivity contribution in [1.82, 2.24) is 4.72 Å². The molecule has 4 N–H and O–H groups in total. The number of halogens is 1. The van der Waals surface area contributed by atoms with E-state index in [0.29, 0.717) is 67.1 Å². The van der Waals surface area contributed by atoms with Crippen molar-refractivity contribution in [3.63, 3.8) is 0 Å². The van der Waals surface area contributed by atoms with Gasteiger partial charge in [-0.15, -0.1) is 12.4 Å². The lowest BCUT2D eigenvalue weighted by molar-refractivity contribution is -0.388. The first-order chi connectivity index (χ1) is 31.4. The summed E-state index contributed by atoms with van der Waals surface area (Å²) in [4.78, 5) is 68.9. The molecular formula is C48H63ClN4O13S2. The number of ketones is 3. The standard InChI is InChI=1S/C24H30N2O6S.C12H13NO6S.C12H19NO.ClH/c1-15(27)23-12-16-9-17(13-23)19(18(10-16)14-23)11-22(28)24(7-4-8-24)25-33(31,32)21-6-3-2-5-20(21)26(29)30;14-11(15)12(6-3-7-12)8-20(18,19)10-5-2-1-4-9(10)13(16)17;1-7(14)12-4-8-2-9(5-12)11(13)10(3-8)6-12;/h2-3,5-6,16-19,25H,4,7-14H2,1H3;1-2,4-5H,3,6-8H2,(H,14,15);8-11H,2-6,13H2,1H3;1H. The Balaban J connectivity index is 0.000000166. The van der Waals surface area contributed by atoms with Crippen LogP contribution in [0.15, 0.2) is 58.3 Å². The lowest BCUT2D eigenvalue weighted by Crippen LogP contribution is -2.60. The molecule has 10 saturated carbocycles. The molecule has 4 unspecified atom stereocenters. The molecule has 2 aromatic carbocycles. The number of nitrogens with two attached hydrogens (primary N) is 1. The van der Waals surface area contributed by atoms with Crippen molar-refractivity contribution in [2.24, 2.45) is 63.4 Å². The number of sulfone groups is 1. The van der Waals surface area contributed by atoms with E-state index in [1.54, 1.807) is 13.8 Å². The van der Waals surface area contributed by atoms with Crippen molar-refractivity contribution in [1.29, 1.82) is 0 Å². The van der Waals surface area contributed by atoms with Crippen LogP contribution in [0.4, 0.5) is 11.4 Å². The van der Waals surface area contributed by atoms with Gasteiger partial charge < -0.3 is 10.8 Å². The number of nitrogens with one attached hydrogen (secondary N) is 1. The van der Waals surface area contributed by atoms with E-state index in [2.05, 4.69) is 4.72 Å². The van der Waals surface area contributed by atoms with E-state index in [-0.39, 0.29) is 53.6 Å². The molecule has 372 valence electrons. The molecular weight excluding hydrogens is 940 g/mol. The summed E-state index contributed by atoms with van der Waals surface area (Å²) in [6.07, 6.45) is 13.8. The largest absolute Gasteiger partial charge is 0.481 e. The Morgan fingerprint density at radius 1 is 0.691 bits per heavy atom. The van der Waals surface area contributed by atoms with E-state index in [4.69, 9.17) is 5.73 Å². The predicted octanol–water partition coefficient (Wildman–Crippen LogP) is 7.56. The van der Waals surface area contributed by atoms with Gasteiger partial charge in [0.15, 0.2) is 20.5 Å². The number of carbonyl (C=O) groups is 4. The van der Waals surface area contributed by atoms with E-state index in [1.807, 2.05) is 0 Å². The first-order valence-electron chi connectivity index (χ1n) is 23.7. The van der Waals surface area contributed by atoms with Crippen LogP contribution in [0.5, 0.6) is 0 Å². The predicted molar refractivity (Wildman–Crippen MR) is 251 cm³/mol. The summed E-state index contributed by atoms with van der Waals surface area (Å²) in [6.45, 7) is 3.49. The van der Waals surface area contributed by atoms with Gasteiger partial charge in [0.25, 0.3) is 11.4 Å². The minimum absolute atomic E-state index is 0. The van der Waals surface area contributed by atoms with Crippen molar-refractivity contribution in [2.45, 2.75) is 144 Å². The summed E-state index contributed by atoms with van der Waals surface area (Å²) < 4.78 is 53.4. The van der Waals surface area contributed by atoms with Crippen LogP contribution in [0.2, 0.25) is 0 Å². The lowest BCUT2D eigenvalue weighted by Gasteiger charge is -2.59. The number of nitrogens with zero attached hydrogens (tertiary/aromatic N) is 2. The van der Waals surface area contributed by atoms with Crippen molar-refractivity contribution in [2.75, 3.05) is 5.75 Å². The highest BCUT2D eigenvalue weighted by Gasteiger charge is 2.59. The van der Waals surface area contributed by atoms with Crippen LogP contribution in [-0.4, -0.2) is 72.4 Å². The van der Waals surface area contributed by atoms with Gasteiger partial charge in [-0.3, -0.25) is 39.4 Å². The van der Waals surface area contributed by atoms with Crippen LogP contribution in [-0.2, 0) is 39.0 Å². The number of Topliss-reactive ketones (excluding diaryl/α,β-unsaturated/α-hetero) is 3. The number of carboxylic acid groups (broad SMARTS) is 1. The molecule has 10 aliphatic rings. The van der Waals surface area contributed by atoms with E-state index in [1.165, 1.54) is 49.6 Å². The molecule has 17 nitrogen and oxygen atoms in total. The van der Waals surface area contributed by atoms with Crippen molar-refractivity contribution in [3.8, 4) is 0 Å². The number of rotatable bonds is 14. The number of carboxylic acids is 1. The van der Waals surface area contributed by atoms with E-state index in [9.17, 15) is 61.3 Å². The zero-order chi connectivity index (χ0) is 48.5. The third-order valence-electron chi connectivity index (χ3n) is 17.8. The topological polar surface area (TPSA) is 281 Å². The average Bonchev–Trinajstić information content (AvgIpc) is 3.23. The Bertz CT molecular complexity index is 2570. The van der Waals surface area contributed by atoms with Gasteiger partial charge in [0.05, 0.1) is 26.6 Å². The fourth-order valence-corrected chi connectivity index (χ4v) is 17.9. The highest BCUT2D eigenvalue weighted by atomic mass is 35.5. The normalized spacial score (nSPS) is 32.9. The molecule has 0 spiro atoms. The number of hydrogen-bond donors (Lipinski definition) is 3. The fraction of sp³-hybridized carbons (Fsp3) is 0.667. The molecule has 10 fully saturated rings. The number of para-hydroxylation sites is 2. The maximum atomic E-state index is 13.6. The number of nitro benzene ring substituents is 2. The molecule has 2 aromatic rings. The van der Waals surface area contributed by atoms with Crippen LogP contribution in [0.3, 0.4) is 0 Å². The third kappa shape index (κ3) is 9.42. The quantitative estimate of drug-likeness (QED) is 0.122. The summed E-state index contributed by atoms with van der Waals surface area (Å²) in [5.41, 5.74) is 2.56. The number of aliphatic carboxylic acids is 1. The molecule has 0 heterocycles. The Kier molecular flexibility index (Phi) is 14.3. The van der Waals surface area contributed by atoms with Gasteiger partial charge in [0.1, 0.15) is 16.5 Å². The second-order valence-electron chi connectivity index (χ2n) is 21.7. The monoisotopic (exact) mass is 1000 g/mol. The number of hydrogen-bond acceptors (Lipinski definition) is 13. The molecule has 20 heteroatoms. The minimum Gasteiger partial charge on any atom is -0.481 e. The lowest BCUT2D eigenvalue weighted by atomic mass is 9.44. The van der Waals surface area contributed by atoms with Crippen molar-refractivity contribution >= 4 is 67.0 Å². The highest BCUT2D eigenvalue weighted by molar-refractivity contribution is 7.91. The first kappa shape index (κ1) is 51.7. The van der Waals surface area contributed by atoms with Crippen LogP contribution >= 0.6 is 12.4 Å². The van der Waals surface area contributed by atoms with Gasteiger partial charge in [-0.1, -0.05) is 30.7 Å². The molecule has 8 bridgehead atoms. The molecule has 10 aliphatic carbocycles. The summed E-state index contributed by atoms with van der Waals surface area (Å²) in [6, 6.07) is 10.6. The second kappa shape index (κ2) is 18.9. The van der Waals surface area contributed by atoms with E-state index in [0.717, 1.165) is 75.5 Å². The Hall–Kier alpha value is -4.17. The average molecular weight is 1000 g/mol. The summed E-state index contributed by atoms with van der Waals surface area (Å²) in [7, 11) is -8.26. The number of carbonyl (C=O) groups excluding carboxylic acids is 3. The van der Waals surface area contributed by atoms with Gasteiger partial charge in [-0.25, -0.2) is 16.8 Å². The Morgan fingerprint density at radius 3 is 1.53 bits per heavy atom. The van der Waals surface area contributed by atoms with Gasteiger partial charge in [0, 0.05) is 35.4 Å². The van der Waals surface area contributed by atoms with E-state index < -0.39 is 73.5 Å². The fourth-order valence-electron chi connectivity index (χ4n) is 14.2. The smallest absolute Gasteiger partial charge is 0.310 e. The van der Waals surface area contributed by atoms with Crippen LogP contribution in [0.25, 0.3) is 0 Å². The molecule has 0 saturated heterocycles. The van der Waals surface area contributed by atoms with Gasteiger partial charge in [0.2, 0.25) is 10.0 Å². The third-order valence-corrected chi connectivity index (χ3v) is 21.3. The van der Waals surface area contributed by atoms with Crippen molar-refractivity contribution in [3.05, 3.63) is 68.8 Å². The first-order valence-corrected chi connectivity index (χ1v) is 26.9. The zero-order valence-electron chi connectivity index (χ0n) is 38.5. The van der Waals surface area contributed by atoms with Crippen molar-refractivity contribution < 1.29 is 51.0 Å². The maximum absolute atomic E-state index is 13.6.